The Morgan fingerprint density at radius 3 is 3.08 bits per heavy atom. The molecule has 0 fully saturated rings. The highest BCUT2D eigenvalue weighted by atomic mass is 35.5. The fraction of sp³-hybridized carbons (Fsp3) is 0.429. The van der Waals surface area contributed by atoms with Gasteiger partial charge in [-0.15, -0.1) is 0 Å². The Bertz CT molecular complexity index is 267. The van der Waals surface area contributed by atoms with Crippen LogP contribution in [0.1, 0.15) is 13.3 Å². The lowest BCUT2D eigenvalue weighted by Gasteiger charge is -2.04. The lowest BCUT2D eigenvalue weighted by molar-refractivity contribution is 0.305. The standard InChI is InChI=1S/C7H10ClN3O/c1-2-3-12-6-5(8)4-10-7(9)11-6/h4H,2-3H2,1H3,(H2,9,10,11). The summed E-state index contributed by atoms with van der Waals surface area (Å²) in [5.41, 5.74) is 5.34. The lowest BCUT2D eigenvalue weighted by Crippen LogP contribution is -2.01. The van der Waals surface area contributed by atoms with Crippen molar-refractivity contribution in [3.8, 4) is 5.88 Å². The van der Waals surface area contributed by atoms with Crippen molar-refractivity contribution in [3.05, 3.63) is 11.2 Å². The van der Waals surface area contributed by atoms with Crippen LogP contribution in [0.5, 0.6) is 5.88 Å². The summed E-state index contributed by atoms with van der Waals surface area (Å²) in [6, 6.07) is 0. The number of hydrogen-bond acceptors (Lipinski definition) is 4. The Morgan fingerprint density at radius 1 is 1.67 bits per heavy atom. The number of anilines is 1. The summed E-state index contributed by atoms with van der Waals surface area (Å²) in [4.78, 5) is 7.52. The highest BCUT2D eigenvalue weighted by Gasteiger charge is 2.03. The topological polar surface area (TPSA) is 61.0 Å². The van der Waals surface area contributed by atoms with Crippen LogP contribution in [-0.2, 0) is 0 Å². The summed E-state index contributed by atoms with van der Waals surface area (Å²) in [5.74, 6) is 0.525. The first-order chi connectivity index (χ1) is 5.74. The summed E-state index contributed by atoms with van der Waals surface area (Å²) in [7, 11) is 0. The molecule has 1 rings (SSSR count). The van der Waals surface area contributed by atoms with Crippen LogP contribution in [0.3, 0.4) is 0 Å². The first-order valence-electron chi connectivity index (χ1n) is 3.65. The molecule has 0 spiro atoms. The van der Waals surface area contributed by atoms with Crippen LogP contribution in [0.4, 0.5) is 5.95 Å². The van der Waals surface area contributed by atoms with Gasteiger partial charge in [0.2, 0.25) is 11.8 Å². The van der Waals surface area contributed by atoms with Crippen molar-refractivity contribution in [1.29, 1.82) is 0 Å². The zero-order chi connectivity index (χ0) is 8.97. The molecule has 12 heavy (non-hydrogen) atoms. The van der Waals surface area contributed by atoms with Crippen LogP contribution in [-0.4, -0.2) is 16.6 Å². The van der Waals surface area contributed by atoms with Gasteiger partial charge >= 0.3 is 0 Å². The predicted octanol–water partition coefficient (Wildman–Crippen LogP) is 1.50. The third-order valence-corrected chi connectivity index (χ3v) is 1.43. The van der Waals surface area contributed by atoms with E-state index in [2.05, 4.69) is 9.97 Å². The van der Waals surface area contributed by atoms with Gasteiger partial charge < -0.3 is 10.5 Å². The maximum atomic E-state index is 5.73. The molecule has 0 bridgehead atoms. The smallest absolute Gasteiger partial charge is 0.237 e. The zero-order valence-corrected chi connectivity index (χ0v) is 7.51. The van der Waals surface area contributed by atoms with Crippen LogP contribution in [0.25, 0.3) is 0 Å². The summed E-state index contributed by atoms with van der Waals surface area (Å²) >= 11 is 5.73. The Kier molecular flexibility index (Phi) is 3.10. The fourth-order valence-electron chi connectivity index (χ4n) is 0.664. The zero-order valence-electron chi connectivity index (χ0n) is 6.75. The average molecular weight is 188 g/mol. The van der Waals surface area contributed by atoms with E-state index in [1.54, 1.807) is 0 Å². The molecular weight excluding hydrogens is 178 g/mol. The van der Waals surface area contributed by atoms with E-state index >= 15 is 0 Å². The van der Waals surface area contributed by atoms with E-state index in [0.29, 0.717) is 17.5 Å². The Balaban J connectivity index is 2.75. The van der Waals surface area contributed by atoms with Gasteiger partial charge in [-0.05, 0) is 6.42 Å². The van der Waals surface area contributed by atoms with E-state index in [9.17, 15) is 0 Å². The molecule has 0 aliphatic heterocycles. The number of nitrogens with zero attached hydrogens (tertiary/aromatic N) is 2. The number of rotatable bonds is 3. The SMILES string of the molecule is CCCOc1nc(N)ncc1Cl. The summed E-state index contributed by atoms with van der Waals surface area (Å²) < 4.78 is 5.20. The minimum atomic E-state index is 0.172. The molecule has 0 saturated carbocycles. The summed E-state index contributed by atoms with van der Waals surface area (Å²) in [6.07, 6.45) is 2.33. The second-order valence-corrected chi connectivity index (χ2v) is 2.64. The normalized spacial score (nSPS) is 9.83. The third-order valence-electron chi connectivity index (χ3n) is 1.17. The van der Waals surface area contributed by atoms with E-state index in [1.165, 1.54) is 6.20 Å². The Morgan fingerprint density at radius 2 is 2.42 bits per heavy atom. The maximum absolute atomic E-state index is 5.73. The van der Waals surface area contributed by atoms with Gasteiger partial charge in [0.15, 0.2) is 0 Å². The molecule has 1 aromatic heterocycles. The molecule has 4 nitrogen and oxygen atoms in total. The van der Waals surface area contributed by atoms with Crippen LogP contribution >= 0.6 is 11.6 Å². The second kappa shape index (κ2) is 4.11. The van der Waals surface area contributed by atoms with E-state index in [1.807, 2.05) is 6.92 Å². The number of hydrogen-bond donors (Lipinski definition) is 1. The van der Waals surface area contributed by atoms with E-state index in [0.717, 1.165) is 6.42 Å². The second-order valence-electron chi connectivity index (χ2n) is 2.23. The van der Waals surface area contributed by atoms with Crippen molar-refractivity contribution >= 4 is 17.5 Å². The van der Waals surface area contributed by atoms with Crippen LogP contribution in [0.15, 0.2) is 6.20 Å². The van der Waals surface area contributed by atoms with Gasteiger partial charge in [0.25, 0.3) is 0 Å². The van der Waals surface area contributed by atoms with Gasteiger partial charge in [0, 0.05) is 0 Å². The number of halogens is 1. The summed E-state index contributed by atoms with van der Waals surface area (Å²) in [6.45, 7) is 2.58. The van der Waals surface area contributed by atoms with E-state index in [-0.39, 0.29) is 5.95 Å². The minimum absolute atomic E-state index is 0.172. The van der Waals surface area contributed by atoms with Crippen molar-refractivity contribution in [3.63, 3.8) is 0 Å². The number of aromatic nitrogens is 2. The molecule has 0 aliphatic carbocycles. The molecule has 0 aliphatic rings. The van der Waals surface area contributed by atoms with Crippen molar-refractivity contribution in [2.75, 3.05) is 12.3 Å². The third kappa shape index (κ3) is 2.23. The maximum Gasteiger partial charge on any atom is 0.237 e. The number of ether oxygens (including phenoxy) is 1. The lowest BCUT2D eigenvalue weighted by atomic mass is 10.5. The Labute approximate surface area is 75.7 Å². The molecule has 0 radical (unpaired) electrons. The van der Waals surface area contributed by atoms with Crippen molar-refractivity contribution in [1.82, 2.24) is 9.97 Å². The first kappa shape index (κ1) is 9.06. The van der Waals surface area contributed by atoms with Crippen molar-refractivity contribution in [2.24, 2.45) is 0 Å². The van der Waals surface area contributed by atoms with Gasteiger partial charge in [-0.2, -0.15) is 4.98 Å². The minimum Gasteiger partial charge on any atom is -0.477 e. The monoisotopic (exact) mass is 187 g/mol. The molecule has 66 valence electrons. The van der Waals surface area contributed by atoms with Crippen LogP contribution in [0, 0.1) is 0 Å². The molecule has 5 heteroatoms. The fourth-order valence-corrected chi connectivity index (χ4v) is 0.810. The molecule has 0 saturated heterocycles. The molecule has 1 heterocycles. The average Bonchev–Trinajstić information content (AvgIpc) is 2.07. The highest BCUT2D eigenvalue weighted by Crippen LogP contribution is 2.20. The van der Waals surface area contributed by atoms with Crippen LogP contribution in [0.2, 0.25) is 5.02 Å². The molecule has 2 N–H and O–H groups in total. The number of nitrogens with two attached hydrogens (primary N) is 1. The molecule has 0 atom stereocenters. The largest absolute Gasteiger partial charge is 0.477 e. The quantitative estimate of drug-likeness (QED) is 0.779. The van der Waals surface area contributed by atoms with Crippen LogP contribution < -0.4 is 10.5 Å². The molecular formula is C7H10ClN3O. The highest BCUT2D eigenvalue weighted by molar-refractivity contribution is 6.31. The van der Waals surface area contributed by atoms with Gasteiger partial charge in [-0.3, -0.25) is 0 Å². The van der Waals surface area contributed by atoms with Gasteiger partial charge in [0.05, 0.1) is 12.8 Å². The van der Waals surface area contributed by atoms with Crippen molar-refractivity contribution < 1.29 is 4.74 Å². The molecule has 1 aromatic rings. The van der Waals surface area contributed by atoms with Gasteiger partial charge in [-0.25, -0.2) is 4.98 Å². The molecule has 0 amide bonds. The molecule has 0 unspecified atom stereocenters. The predicted molar refractivity (Wildman–Crippen MR) is 47.2 cm³/mol. The van der Waals surface area contributed by atoms with Gasteiger partial charge in [-0.1, -0.05) is 18.5 Å². The van der Waals surface area contributed by atoms with Gasteiger partial charge in [0.1, 0.15) is 5.02 Å². The first-order valence-corrected chi connectivity index (χ1v) is 4.02. The van der Waals surface area contributed by atoms with E-state index < -0.39 is 0 Å². The number of nitrogen functional groups attached to an aromatic ring is 1. The summed E-state index contributed by atoms with van der Waals surface area (Å²) in [5, 5.41) is 0.387. The van der Waals surface area contributed by atoms with Crippen molar-refractivity contribution in [2.45, 2.75) is 13.3 Å². The Hall–Kier alpha value is -1.03. The molecule has 0 aromatic carbocycles. The van der Waals surface area contributed by atoms with E-state index in [4.69, 9.17) is 22.1 Å².